The number of carbonyl (C=O) groups is 1. The van der Waals surface area contributed by atoms with Crippen LogP contribution in [0.4, 0.5) is 0 Å². The minimum Gasteiger partial charge on any atom is -0.480 e. The monoisotopic (exact) mass is 211 g/mol. The number of hydrogen-bond acceptors (Lipinski definition) is 3. The fourth-order valence-corrected chi connectivity index (χ4v) is 1.96. The summed E-state index contributed by atoms with van der Waals surface area (Å²) in [6.07, 6.45) is 1.47. The standard InChI is InChI=1S/C6H11NO2S.CH3Cl/c1-6(2)7-4(3-10-6)5(8)9;1-2/h4,7H,3H2,1-2H3,(H,8,9);1H3. The van der Waals surface area contributed by atoms with E-state index in [2.05, 4.69) is 16.9 Å². The summed E-state index contributed by atoms with van der Waals surface area (Å²) >= 11 is 6.28. The van der Waals surface area contributed by atoms with Crippen molar-refractivity contribution in [1.29, 1.82) is 0 Å². The molecule has 12 heavy (non-hydrogen) atoms. The molecule has 72 valence electrons. The lowest BCUT2D eigenvalue weighted by Crippen LogP contribution is -2.41. The van der Waals surface area contributed by atoms with E-state index in [4.69, 9.17) is 5.11 Å². The molecular weight excluding hydrogens is 198 g/mol. The Bertz CT molecular complexity index is 163. The lowest BCUT2D eigenvalue weighted by Gasteiger charge is -2.16. The van der Waals surface area contributed by atoms with Crippen molar-refractivity contribution in [2.45, 2.75) is 24.8 Å². The molecule has 0 spiro atoms. The van der Waals surface area contributed by atoms with Gasteiger partial charge in [0.1, 0.15) is 6.04 Å². The summed E-state index contributed by atoms with van der Waals surface area (Å²) in [7, 11) is 0. The third-order valence-electron chi connectivity index (χ3n) is 1.43. The molecule has 1 unspecified atom stereocenters. The molecule has 2 N–H and O–H groups in total. The lowest BCUT2D eigenvalue weighted by atomic mass is 10.3. The molecule has 1 rings (SSSR count). The first-order valence-electron chi connectivity index (χ1n) is 3.53. The molecule has 0 radical (unpaired) electrons. The van der Waals surface area contributed by atoms with Gasteiger partial charge < -0.3 is 5.11 Å². The van der Waals surface area contributed by atoms with Gasteiger partial charge in [-0.2, -0.15) is 0 Å². The third-order valence-corrected chi connectivity index (χ3v) is 2.77. The van der Waals surface area contributed by atoms with Gasteiger partial charge in [-0.25, -0.2) is 0 Å². The van der Waals surface area contributed by atoms with Crippen LogP contribution < -0.4 is 5.32 Å². The van der Waals surface area contributed by atoms with E-state index in [-0.39, 0.29) is 10.9 Å². The summed E-state index contributed by atoms with van der Waals surface area (Å²) in [4.78, 5) is 10.3. The first-order valence-corrected chi connectivity index (χ1v) is 5.28. The third kappa shape index (κ3) is 3.65. The zero-order valence-electron chi connectivity index (χ0n) is 7.43. The Kier molecular flexibility index (Phi) is 4.97. The minimum absolute atomic E-state index is 0.0664. The summed E-state index contributed by atoms with van der Waals surface area (Å²) < 4.78 is 0. The number of thioether (sulfide) groups is 1. The Morgan fingerprint density at radius 2 is 2.17 bits per heavy atom. The predicted octanol–water partition coefficient (Wildman–Crippen LogP) is 1.37. The minimum atomic E-state index is -0.752. The fraction of sp³-hybridized carbons (Fsp3) is 0.857. The molecule has 0 aromatic carbocycles. The summed E-state index contributed by atoms with van der Waals surface area (Å²) in [6.45, 7) is 3.97. The van der Waals surface area contributed by atoms with Gasteiger partial charge >= 0.3 is 5.97 Å². The van der Waals surface area contributed by atoms with Crippen LogP contribution in [0.15, 0.2) is 0 Å². The number of hydrogen-bond donors (Lipinski definition) is 2. The van der Waals surface area contributed by atoms with Crippen molar-refractivity contribution < 1.29 is 9.90 Å². The molecule has 0 aliphatic carbocycles. The van der Waals surface area contributed by atoms with Crippen molar-refractivity contribution in [3.8, 4) is 0 Å². The van der Waals surface area contributed by atoms with Gasteiger partial charge in [-0.15, -0.1) is 23.4 Å². The zero-order valence-corrected chi connectivity index (χ0v) is 9.00. The van der Waals surface area contributed by atoms with E-state index in [1.165, 1.54) is 6.38 Å². The van der Waals surface area contributed by atoms with Gasteiger partial charge in [0.25, 0.3) is 0 Å². The Morgan fingerprint density at radius 3 is 2.33 bits per heavy atom. The molecule has 1 atom stereocenters. The highest BCUT2D eigenvalue weighted by Crippen LogP contribution is 2.28. The van der Waals surface area contributed by atoms with Crippen LogP contribution in [-0.4, -0.2) is 34.1 Å². The molecule has 1 aliphatic rings. The maximum absolute atomic E-state index is 10.4. The van der Waals surface area contributed by atoms with E-state index in [9.17, 15) is 4.79 Å². The van der Waals surface area contributed by atoms with Crippen molar-refractivity contribution in [2.75, 3.05) is 12.1 Å². The summed E-state index contributed by atoms with van der Waals surface area (Å²) in [5.74, 6) is -0.0828. The highest BCUT2D eigenvalue weighted by atomic mass is 35.5. The molecular formula is C7H14ClNO2S. The van der Waals surface area contributed by atoms with Gasteiger partial charge in [-0.1, -0.05) is 0 Å². The van der Waals surface area contributed by atoms with Crippen LogP contribution in [0, 0.1) is 0 Å². The second-order valence-electron chi connectivity index (χ2n) is 2.86. The van der Waals surface area contributed by atoms with Gasteiger partial charge in [0.2, 0.25) is 0 Å². The molecule has 5 heteroatoms. The van der Waals surface area contributed by atoms with Crippen LogP contribution in [0.25, 0.3) is 0 Å². The van der Waals surface area contributed by atoms with Crippen LogP contribution >= 0.6 is 23.4 Å². The second kappa shape index (κ2) is 4.94. The van der Waals surface area contributed by atoms with Crippen LogP contribution in [0.3, 0.4) is 0 Å². The van der Waals surface area contributed by atoms with E-state index in [1.807, 2.05) is 13.8 Å². The Balaban J connectivity index is 0.000000561. The number of aliphatic carboxylic acids is 1. The van der Waals surface area contributed by atoms with Crippen molar-refractivity contribution in [2.24, 2.45) is 0 Å². The molecule has 1 heterocycles. The van der Waals surface area contributed by atoms with Gasteiger partial charge in [0.05, 0.1) is 4.87 Å². The molecule has 3 nitrogen and oxygen atoms in total. The van der Waals surface area contributed by atoms with Gasteiger partial charge in [0.15, 0.2) is 0 Å². The zero-order chi connectivity index (χ0) is 9.78. The summed E-state index contributed by atoms with van der Waals surface area (Å²) in [6, 6.07) is -0.361. The number of halogens is 1. The normalized spacial score (nSPS) is 25.8. The van der Waals surface area contributed by atoms with Crippen molar-refractivity contribution >= 4 is 29.3 Å². The van der Waals surface area contributed by atoms with E-state index in [0.717, 1.165) is 0 Å². The van der Waals surface area contributed by atoms with E-state index >= 15 is 0 Å². The molecule has 1 saturated heterocycles. The Labute approximate surface area is 81.9 Å². The quantitative estimate of drug-likeness (QED) is 0.644. The molecule has 0 bridgehead atoms. The van der Waals surface area contributed by atoms with Gasteiger partial charge in [-0.3, -0.25) is 10.1 Å². The molecule has 0 aromatic heterocycles. The fourth-order valence-electron chi connectivity index (χ4n) is 0.928. The van der Waals surface area contributed by atoms with Crippen molar-refractivity contribution in [3.63, 3.8) is 0 Å². The average molecular weight is 212 g/mol. The Hall–Kier alpha value is 0.0700. The number of carboxylic acid groups (broad SMARTS) is 1. The SMILES string of the molecule is CC1(C)NC(C(=O)O)CS1.CCl. The molecule has 0 saturated carbocycles. The van der Waals surface area contributed by atoms with Crippen LogP contribution in [-0.2, 0) is 4.79 Å². The topological polar surface area (TPSA) is 49.3 Å². The molecule has 0 aromatic rings. The van der Waals surface area contributed by atoms with Crippen LogP contribution in [0.5, 0.6) is 0 Å². The first-order chi connectivity index (χ1) is 5.51. The maximum atomic E-state index is 10.4. The molecule has 1 fully saturated rings. The van der Waals surface area contributed by atoms with E-state index < -0.39 is 5.97 Å². The number of rotatable bonds is 1. The van der Waals surface area contributed by atoms with Crippen LogP contribution in [0.1, 0.15) is 13.8 Å². The van der Waals surface area contributed by atoms with Crippen molar-refractivity contribution in [1.82, 2.24) is 5.32 Å². The number of nitrogens with one attached hydrogen (secondary N) is 1. The second-order valence-corrected chi connectivity index (χ2v) is 4.50. The molecule has 1 aliphatic heterocycles. The van der Waals surface area contributed by atoms with Crippen molar-refractivity contribution in [3.05, 3.63) is 0 Å². The lowest BCUT2D eigenvalue weighted by molar-refractivity contribution is -0.138. The largest absolute Gasteiger partial charge is 0.480 e. The summed E-state index contributed by atoms with van der Waals surface area (Å²) in [5, 5.41) is 11.6. The molecule has 0 amide bonds. The van der Waals surface area contributed by atoms with Gasteiger partial charge in [0, 0.05) is 12.1 Å². The summed E-state index contributed by atoms with van der Waals surface area (Å²) in [5.41, 5.74) is 0. The average Bonchev–Trinajstić information content (AvgIpc) is 2.35. The maximum Gasteiger partial charge on any atom is 0.321 e. The first kappa shape index (κ1) is 12.1. The highest BCUT2D eigenvalue weighted by molar-refractivity contribution is 8.00. The van der Waals surface area contributed by atoms with E-state index in [1.54, 1.807) is 11.8 Å². The van der Waals surface area contributed by atoms with E-state index in [0.29, 0.717) is 5.75 Å². The van der Waals surface area contributed by atoms with Crippen LogP contribution in [0.2, 0.25) is 0 Å². The van der Waals surface area contributed by atoms with Gasteiger partial charge in [-0.05, 0) is 13.8 Å². The Morgan fingerprint density at radius 1 is 1.67 bits per heavy atom. The highest BCUT2D eigenvalue weighted by Gasteiger charge is 2.34. The predicted molar refractivity (Wildman–Crippen MR) is 52.9 cm³/mol. The smallest absolute Gasteiger partial charge is 0.321 e. The number of carboxylic acids is 1. The number of alkyl halides is 1.